The molecular weight excluding hydrogens is 552 g/mol. The smallest absolute Gasteiger partial charge is 0.212 e. The molecule has 0 spiro atoms. The molecule has 0 radical (unpaired) electrons. The molecule has 10 nitrogen and oxygen atoms in total. The van der Waals surface area contributed by atoms with E-state index < -0.39 is 0 Å². The molecular formula is C34H38N8O2. The fraction of sp³-hybridized carbons (Fsp3) is 0.471. The summed E-state index contributed by atoms with van der Waals surface area (Å²) in [6.45, 7) is 4.69. The van der Waals surface area contributed by atoms with Gasteiger partial charge in [0, 0.05) is 91.5 Å². The average Bonchev–Trinajstić information content (AvgIpc) is 3.50. The highest BCUT2D eigenvalue weighted by Crippen LogP contribution is 2.46. The van der Waals surface area contributed by atoms with Crippen molar-refractivity contribution in [3.05, 3.63) is 71.9 Å². The molecule has 1 aliphatic carbocycles. The fourth-order valence-corrected chi connectivity index (χ4v) is 7.94. The standard InChI is InChI=1S/C34H38N8O2/c1-39-28-12-29(39)20-40(19-28)7-8-44-30-13-31(34-25(14-35)17-38-42(34)21-30)23-4-5-32(36-16-23)24-9-26-11-27(10-24)41(26)18-22-3-6-33(43-2)37-15-22/h3-6,13,15-17,21,24,26-29H,7-12,18-20H2,1-2H3. The Bertz CT molecular complexity index is 1670. The van der Waals surface area contributed by atoms with Gasteiger partial charge in [-0.2, -0.15) is 10.4 Å². The molecule has 226 valence electrons. The molecule has 10 heteroatoms. The number of methoxy groups -OCH3 is 1. The highest BCUT2D eigenvalue weighted by Gasteiger charge is 2.45. The van der Waals surface area contributed by atoms with Crippen molar-refractivity contribution in [2.45, 2.75) is 62.3 Å². The van der Waals surface area contributed by atoms with E-state index in [-0.39, 0.29) is 0 Å². The number of fused-ring (bicyclic) bond motifs is 5. The summed E-state index contributed by atoms with van der Waals surface area (Å²) in [5.41, 5.74) is 5.60. The Kier molecular flexibility index (Phi) is 6.97. The Morgan fingerprint density at radius 1 is 0.955 bits per heavy atom. The van der Waals surface area contributed by atoms with Gasteiger partial charge in [0.25, 0.3) is 0 Å². The van der Waals surface area contributed by atoms with Crippen molar-refractivity contribution in [3.8, 4) is 28.8 Å². The molecule has 1 saturated carbocycles. The second-order valence-corrected chi connectivity index (χ2v) is 12.9. The Labute approximate surface area is 257 Å². The first-order valence-electron chi connectivity index (χ1n) is 15.8. The van der Waals surface area contributed by atoms with Gasteiger partial charge in [-0.25, -0.2) is 9.50 Å². The van der Waals surface area contributed by atoms with Gasteiger partial charge < -0.3 is 9.47 Å². The summed E-state index contributed by atoms with van der Waals surface area (Å²) in [4.78, 5) is 17.0. The molecule has 6 aliphatic rings. The summed E-state index contributed by atoms with van der Waals surface area (Å²) in [5.74, 6) is 1.86. The van der Waals surface area contributed by atoms with Crippen molar-refractivity contribution in [3.63, 3.8) is 0 Å². The van der Waals surface area contributed by atoms with Crippen LogP contribution in [0.25, 0.3) is 16.6 Å². The molecule has 4 unspecified atom stereocenters. The van der Waals surface area contributed by atoms with Crippen LogP contribution in [0.1, 0.15) is 48.4 Å². The molecule has 4 aromatic heterocycles. The van der Waals surface area contributed by atoms with Gasteiger partial charge in [-0.1, -0.05) is 12.1 Å². The van der Waals surface area contributed by atoms with Crippen LogP contribution in [0.3, 0.4) is 0 Å². The lowest BCUT2D eigenvalue weighted by Crippen LogP contribution is -2.67. The average molecular weight is 591 g/mol. The van der Waals surface area contributed by atoms with E-state index in [1.165, 1.54) is 18.4 Å². The zero-order valence-corrected chi connectivity index (χ0v) is 25.3. The van der Waals surface area contributed by atoms with E-state index in [0.29, 0.717) is 48.1 Å². The SMILES string of the molecule is COc1ccc(CN2C3CC(c4ccc(-c5cc(OCCN6CC7CC(C6)N7C)cn6ncc(C#N)c56)cn4)CC2C3)cn1. The zero-order valence-electron chi connectivity index (χ0n) is 25.3. The third-order valence-electron chi connectivity index (χ3n) is 10.5. The topological polar surface area (TPSA) is 95.1 Å². The number of nitrogens with zero attached hydrogens (tertiary/aromatic N) is 8. The van der Waals surface area contributed by atoms with Crippen molar-refractivity contribution in [1.29, 1.82) is 5.26 Å². The first-order valence-corrected chi connectivity index (χ1v) is 15.8. The van der Waals surface area contributed by atoms with Gasteiger partial charge in [-0.05, 0) is 50.4 Å². The van der Waals surface area contributed by atoms with E-state index in [2.05, 4.69) is 56.1 Å². The number of nitriles is 1. The van der Waals surface area contributed by atoms with Crippen molar-refractivity contribution < 1.29 is 9.47 Å². The summed E-state index contributed by atoms with van der Waals surface area (Å²) < 4.78 is 13.2. The molecule has 44 heavy (non-hydrogen) atoms. The second-order valence-electron chi connectivity index (χ2n) is 12.9. The lowest BCUT2D eigenvalue weighted by atomic mass is 9.72. The number of ether oxygens (including phenoxy) is 2. The molecule has 10 rings (SSSR count). The summed E-state index contributed by atoms with van der Waals surface area (Å²) in [6.07, 6.45) is 12.2. The van der Waals surface area contributed by atoms with Gasteiger partial charge in [0.15, 0.2) is 0 Å². The number of piperazine rings is 1. The van der Waals surface area contributed by atoms with E-state index in [1.54, 1.807) is 17.8 Å². The number of hydrogen-bond donors (Lipinski definition) is 0. The maximum atomic E-state index is 9.80. The van der Waals surface area contributed by atoms with Gasteiger partial charge in [0.2, 0.25) is 5.88 Å². The summed E-state index contributed by atoms with van der Waals surface area (Å²) in [7, 11) is 3.88. The van der Waals surface area contributed by atoms with Gasteiger partial charge in [-0.15, -0.1) is 0 Å². The third kappa shape index (κ3) is 4.89. The van der Waals surface area contributed by atoms with Gasteiger partial charge >= 0.3 is 0 Å². The predicted octanol–water partition coefficient (Wildman–Crippen LogP) is 3.96. The predicted molar refractivity (Wildman–Crippen MR) is 166 cm³/mol. The summed E-state index contributed by atoms with van der Waals surface area (Å²) in [5, 5.41) is 14.3. The van der Waals surface area contributed by atoms with Gasteiger partial charge in [0.1, 0.15) is 18.4 Å². The Morgan fingerprint density at radius 2 is 1.77 bits per heavy atom. The molecule has 5 saturated heterocycles. The van der Waals surface area contributed by atoms with E-state index in [1.807, 2.05) is 30.7 Å². The minimum absolute atomic E-state index is 0.456. The van der Waals surface area contributed by atoms with Crippen LogP contribution in [-0.4, -0.2) is 98.8 Å². The van der Waals surface area contributed by atoms with Crippen LogP contribution in [0.4, 0.5) is 0 Å². The molecule has 9 heterocycles. The fourth-order valence-electron chi connectivity index (χ4n) is 7.94. The van der Waals surface area contributed by atoms with E-state index in [4.69, 9.17) is 14.5 Å². The van der Waals surface area contributed by atoms with Crippen molar-refractivity contribution in [1.82, 2.24) is 34.3 Å². The normalized spacial score (nSPS) is 26.5. The van der Waals surface area contributed by atoms with Crippen LogP contribution < -0.4 is 9.47 Å². The number of aromatic nitrogens is 4. The van der Waals surface area contributed by atoms with Gasteiger partial charge in [0.05, 0.1) is 30.6 Å². The van der Waals surface area contributed by atoms with Crippen LogP contribution >= 0.6 is 0 Å². The van der Waals surface area contributed by atoms with E-state index >= 15 is 0 Å². The monoisotopic (exact) mass is 590 g/mol. The number of pyridine rings is 3. The van der Waals surface area contributed by atoms with E-state index in [9.17, 15) is 5.26 Å². The first kappa shape index (κ1) is 27.5. The molecule has 5 aliphatic heterocycles. The Balaban J connectivity index is 0.950. The van der Waals surface area contributed by atoms with Crippen LogP contribution in [-0.2, 0) is 6.54 Å². The summed E-state index contributed by atoms with van der Waals surface area (Å²) >= 11 is 0. The molecule has 4 bridgehead atoms. The van der Waals surface area contributed by atoms with Crippen LogP contribution in [0.2, 0.25) is 0 Å². The second kappa shape index (κ2) is 11.1. The number of rotatable bonds is 9. The Hall–Kier alpha value is -4.04. The highest BCUT2D eigenvalue weighted by atomic mass is 16.5. The lowest BCUT2D eigenvalue weighted by molar-refractivity contribution is -0.0529. The van der Waals surface area contributed by atoms with Gasteiger partial charge in [-0.3, -0.25) is 19.7 Å². The number of likely N-dealkylation sites (N-methyl/N-ethyl adjacent to an activating group) is 1. The molecule has 4 atom stereocenters. The van der Waals surface area contributed by atoms with Crippen molar-refractivity contribution >= 4 is 5.52 Å². The molecule has 0 aromatic carbocycles. The quantitative estimate of drug-likeness (QED) is 0.287. The Morgan fingerprint density at radius 3 is 2.45 bits per heavy atom. The van der Waals surface area contributed by atoms with Crippen molar-refractivity contribution in [2.24, 2.45) is 0 Å². The highest BCUT2D eigenvalue weighted by molar-refractivity contribution is 5.85. The molecule has 0 amide bonds. The largest absolute Gasteiger partial charge is 0.491 e. The van der Waals surface area contributed by atoms with Crippen LogP contribution in [0.15, 0.2) is 55.1 Å². The number of hydrogen-bond acceptors (Lipinski definition) is 9. The molecule has 6 fully saturated rings. The molecule has 0 N–H and O–H groups in total. The molecule has 4 aromatic rings. The van der Waals surface area contributed by atoms with Crippen LogP contribution in [0, 0.1) is 11.3 Å². The third-order valence-corrected chi connectivity index (χ3v) is 10.5. The maximum absolute atomic E-state index is 9.80. The zero-order chi connectivity index (χ0) is 29.8. The van der Waals surface area contributed by atoms with Crippen molar-refractivity contribution in [2.75, 3.05) is 40.4 Å². The van der Waals surface area contributed by atoms with E-state index in [0.717, 1.165) is 67.1 Å². The maximum Gasteiger partial charge on any atom is 0.212 e. The van der Waals surface area contributed by atoms with Crippen LogP contribution in [0.5, 0.6) is 11.6 Å². The lowest BCUT2D eigenvalue weighted by Gasteiger charge is -2.55. The number of piperidine rings is 2. The summed E-state index contributed by atoms with van der Waals surface area (Å²) in [6, 6.07) is 15.3. The minimum Gasteiger partial charge on any atom is -0.491 e. The first-order chi connectivity index (χ1) is 21.6. The minimum atomic E-state index is 0.456.